The van der Waals surface area contributed by atoms with Gasteiger partial charge < -0.3 is 24.8 Å². The van der Waals surface area contributed by atoms with Gasteiger partial charge in [-0.05, 0) is 48.4 Å². The molecule has 0 radical (unpaired) electrons. The van der Waals surface area contributed by atoms with E-state index in [1.54, 1.807) is 20.8 Å². The van der Waals surface area contributed by atoms with Crippen molar-refractivity contribution in [3.05, 3.63) is 96.1 Å². The number of carboxylic acid groups (broad SMARTS) is 1. The van der Waals surface area contributed by atoms with Gasteiger partial charge in [0, 0.05) is 6.42 Å². The van der Waals surface area contributed by atoms with E-state index in [4.69, 9.17) is 9.47 Å². The van der Waals surface area contributed by atoms with Crippen molar-refractivity contribution in [3.63, 3.8) is 0 Å². The number of alkyl carbamates (subject to hydrolysis) is 1. The van der Waals surface area contributed by atoms with Gasteiger partial charge >= 0.3 is 12.1 Å². The van der Waals surface area contributed by atoms with E-state index in [0.29, 0.717) is 0 Å². The van der Waals surface area contributed by atoms with Crippen molar-refractivity contribution < 1.29 is 29.0 Å². The van der Waals surface area contributed by atoms with Crippen LogP contribution in [0.25, 0.3) is 11.1 Å². The zero-order chi connectivity index (χ0) is 31.4. The minimum absolute atomic E-state index is 0.00287. The molecular formula is C35H42N2O6. The van der Waals surface area contributed by atoms with Gasteiger partial charge in [0.05, 0.1) is 13.2 Å². The average molecular weight is 587 g/mol. The second-order valence-corrected chi connectivity index (χ2v) is 13.2. The van der Waals surface area contributed by atoms with E-state index in [1.165, 1.54) is 4.90 Å². The number of likely N-dealkylation sites (tertiary alicyclic amines) is 1. The van der Waals surface area contributed by atoms with Crippen molar-refractivity contribution in [1.29, 1.82) is 0 Å². The molecule has 43 heavy (non-hydrogen) atoms. The zero-order valence-corrected chi connectivity index (χ0v) is 25.8. The summed E-state index contributed by atoms with van der Waals surface area (Å²) in [6.45, 7) is 10.9. The van der Waals surface area contributed by atoms with Crippen LogP contribution in [0, 0.1) is 5.41 Å². The third-order valence-corrected chi connectivity index (χ3v) is 7.54. The summed E-state index contributed by atoms with van der Waals surface area (Å²) in [5.41, 5.74) is 1.18. The molecule has 0 spiro atoms. The molecule has 2 amide bonds. The first kappa shape index (κ1) is 31.8. The molecule has 0 aromatic heterocycles. The Morgan fingerprint density at radius 3 is 1.98 bits per heavy atom. The van der Waals surface area contributed by atoms with Crippen molar-refractivity contribution in [1.82, 2.24) is 10.2 Å². The van der Waals surface area contributed by atoms with Crippen molar-refractivity contribution in [2.45, 2.75) is 77.9 Å². The van der Waals surface area contributed by atoms with Crippen LogP contribution in [0.2, 0.25) is 0 Å². The molecule has 8 heteroatoms. The van der Waals surface area contributed by atoms with E-state index < -0.39 is 46.7 Å². The second kappa shape index (κ2) is 12.6. The fraction of sp³-hybridized carbons (Fsp3) is 0.400. The summed E-state index contributed by atoms with van der Waals surface area (Å²) < 4.78 is 12.0. The van der Waals surface area contributed by atoms with E-state index in [2.05, 4.69) is 5.32 Å². The van der Waals surface area contributed by atoms with Gasteiger partial charge in [-0.2, -0.15) is 0 Å². The summed E-state index contributed by atoms with van der Waals surface area (Å²) in [5.74, 6) is -1.64. The van der Waals surface area contributed by atoms with Crippen LogP contribution in [-0.4, -0.2) is 52.2 Å². The predicted molar refractivity (Wildman–Crippen MR) is 165 cm³/mol. The lowest BCUT2D eigenvalue weighted by molar-refractivity contribution is -0.150. The minimum atomic E-state index is -1.16. The highest BCUT2D eigenvalue weighted by atomic mass is 16.6. The third kappa shape index (κ3) is 7.82. The van der Waals surface area contributed by atoms with Gasteiger partial charge in [-0.3, -0.25) is 4.79 Å². The number of carbonyl (C=O) groups excluding carboxylic acids is 2. The minimum Gasteiger partial charge on any atom is -0.480 e. The first-order chi connectivity index (χ1) is 20.2. The summed E-state index contributed by atoms with van der Waals surface area (Å²) in [4.78, 5) is 40.9. The van der Waals surface area contributed by atoms with Crippen LogP contribution in [0.1, 0.15) is 59.1 Å². The topological polar surface area (TPSA) is 105 Å². The molecule has 1 heterocycles. The number of hydrogen-bond acceptors (Lipinski definition) is 5. The summed E-state index contributed by atoms with van der Waals surface area (Å²) in [5, 5.41) is 13.1. The Balaban J connectivity index is 1.71. The normalized spacial score (nSPS) is 19.5. The molecule has 2 unspecified atom stereocenters. The first-order valence-electron chi connectivity index (χ1n) is 14.6. The highest BCUT2D eigenvalue weighted by Crippen LogP contribution is 2.42. The number of aliphatic carboxylic acids is 1. The largest absolute Gasteiger partial charge is 0.480 e. The lowest BCUT2D eigenvalue weighted by Crippen LogP contribution is -2.57. The number of rotatable bonds is 8. The molecule has 3 aromatic rings. The molecule has 0 aliphatic carbocycles. The van der Waals surface area contributed by atoms with Crippen LogP contribution in [-0.2, 0) is 31.3 Å². The van der Waals surface area contributed by atoms with Gasteiger partial charge in [0.25, 0.3) is 0 Å². The molecule has 0 saturated carbocycles. The summed E-state index contributed by atoms with van der Waals surface area (Å²) in [6, 6.07) is 25.3. The molecule has 1 saturated heterocycles. The molecule has 3 aromatic carbocycles. The number of nitrogens with zero attached hydrogens (tertiary/aromatic N) is 1. The van der Waals surface area contributed by atoms with Crippen LogP contribution in [0.3, 0.4) is 0 Å². The molecule has 1 aliphatic rings. The lowest BCUT2D eigenvalue weighted by atomic mass is 9.85. The van der Waals surface area contributed by atoms with E-state index in [9.17, 15) is 19.5 Å². The van der Waals surface area contributed by atoms with Crippen molar-refractivity contribution >= 4 is 18.0 Å². The molecular weight excluding hydrogens is 544 g/mol. The van der Waals surface area contributed by atoms with E-state index in [1.807, 2.05) is 106 Å². The van der Waals surface area contributed by atoms with Crippen LogP contribution < -0.4 is 5.32 Å². The number of hydrogen-bond donors (Lipinski definition) is 2. The SMILES string of the molecule is CC(C)(C)OC(=O)NC(C(=O)N1C[C@](OCc2ccccc2)(c2ccc(-c3ccccc3)cc2)CC1C(=O)O)C(C)(C)C. The Morgan fingerprint density at radius 2 is 1.44 bits per heavy atom. The van der Waals surface area contributed by atoms with Crippen molar-refractivity contribution in [2.75, 3.05) is 6.54 Å². The fourth-order valence-electron chi connectivity index (χ4n) is 5.35. The quantitative estimate of drug-likeness (QED) is 0.317. The van der Waals surface area contributed by atoms with Gasteiger partial charge in [-0.25, -0.2) is 9.59 Å². The molecule has 1 aliphatic heterocycles. The van der Waals surface area contributed by atoms with Crippen LogP contribution in [0.15, 0.2) is 84.9 Å². The third-order valence-electron chi connectivity index (χ3n) is 7.54. The smallest absolute Gasteiger partial charge is 0.408 e. The Morgan fingerprint density at radius 1 is 0.884 bits per heavy atom. The predicted octanol–water partition coefficient (Wildman–Crippen LogP) is 6.39. The van der Waals surface area contributed by atoms with E-state index >= 15 is 0 Å². The number of nitrogens with one attached hydrogen (secondary N) is 1. The van der Waals surface area contributed by atoms with Gasteiger partial charge in [0.2, 0.25) is 5.91 Å². The zero-order valence-electron chi connectivity index (χ0n) is 25.8. The van der Waals surface area contributed by atoms with Crippen LogP contribution in [0.5, 0.6) is 0 Å². The number of carboxylic acids is 1. The van der Waals surface area contributed by atoms with Gasteiger partial charge in [0.1, 0.15) is 23.3 Å². The number of amides is 2. The number of ether oxygens (including phenoxy) is 2. The highest BCUT2D eigenvalue weighted by Gasteiger charge is 2.53. The Labute approximate surface area is 254 Å². The van der Waals surface area contributed by atoms with E-state index in [0.717, 1.165) is 22.3 Å². The molecule has 1 fully saturated rings. The molecule has 0 bridgehead atoms. The maximum absolute atomic E-state index is 14.2. The van der Waals surface area contributed by atoms with E-state index in [-0.39, 0.29) is 19.6 Å². The highest BCUT2D eigenvalue weighted by molar-refractivity contribution is 5.90. The van der Waals surface area contributed by atoms with Gasteiger partial charge in [-0.15, -0.1) is 0 Å². The monoisotopic (exact) mass is 586 g/mol. The molecule has 8 nitrogen and oxygen atoms in total. The number of carbonyl (C=O) groups is 3. The summed E-state index contributed by atoms with van der Waals surface area (Å²) in [7, 11) is 0. The van der Waals surface area contributed by atoms with Gasteiger partial charge in [0.15, 0.2) is 0 Å². The fourth-order valence-corrected chi connectivity index (χ4v) is 5.35. The molecule has 4 rings (SSSR count). The van der Waals surface area contributed by atoms with Crippen molar-refractivity contribution in [3.8, 4) is 11.1 Å². The molecule has 228 valence electrons. The maximum atomic E-state index is 14.2. The summed E-state index contributed by atoms with van der Waals surface area (Å²) in [6.07, 6.45) is -0.690. The standard InChI is InChI=1S/C35H42N2O6/c1-33(2,3)29(36-32(41)43-34(4,5)6)30(38)37-23-35(21-28(37)31(39)40,42-22-24-13-9-7-10-14-24)27-19-17-26(18-20-27)25-15-11-8-12-16-25/h7-20,28-29H,21-23H2,1-6H3,(H,36,41)(H,39,40)/t28?,29?,35-/m0/s1. The Bertz CT molecular complexity index is 1410. The molecule has 2 N–H and O–H groups in total. The Hall–Kier alpha value is -4.17. The average Bonchev–Trinajstić information content (AvgIpc) is 3.36. The molecule has 3 atom stereocenters. The Kier molecular flexibility index (Phi) is 9.30. The van der Waals surface area contributed by atoms with Crippen LogP contribution >= 0.6 is 0 Å². The summed E-state index contributed by atoms with van der Waals surface area (Å²) >= 11 is 0. The number of benzene rings is 3. The second-order valence-electron chi connectivity index (χ2n) is 13.2. The first-order valence-corrected chi connectivity index (χ1v) is 14.6. The lowest BCUT2D eigenvalue weighted by Gasteiger charge is -2.36. The maximum Gasteiger partial charge on any atom is 0.408 e. The van der Waals surface area contributed by atoms with Crippen molar-refractivity contribution in [2.24, 2.45) is 5.41 Å². The van der Waals surface area contributed by atoms with Gasteiger partial charge in [-0.1, -0.05) is 106 Å². The van der Waals surface area contributed by atoms with Crippen LogP contribution in [0.4, 0.5) is 4.79 Å².